The van der Waals surface area contributed by atoms with Crippen molar-refractivity contribution in [3.8, 4) is 0 Å². The summed E-state index contributed by atoms with van der Waals surface area (Å²) < 4.78 is 6.69. The summed E-state index contributed by atoms with van der Waals surface area (Å²) in [6.07, 6.45) is 8.91. The largest absolute Gasteiger partial charge is 0.507 e. The van der Waals surface area contributed by atoms with Crippen LogP contribution in [-0.4, -0.2) is 60.8 Å². The van der Waals surface area contributed by atoms with Crippen LogP contribution in [0.25, 0.3) is 5.76 Å². The lowest BCUT2D eigenvalue weighted by Gasteiger charge is -2.25. The van der Waals surface area contributed by atoms with Crippen LogP contribution in [0, 0.1) is 13.8 Å². The number of amides is 1. The van der Waals surface area contributed by atoms with Crippen LogP contribution in [0.2, 0.25) is 0 Å². The quantitative estimate of drug-likeness (QED) is 0.238. The van der Waals surface area contributed by atoms with Gasteiger partial charge in [-0.1, -0.05) is 0 Å². The van der Waals surface area contributed by atoms with E-state index in [0.717, 1.165) is 0 Å². The van der Waals surface area contributed by atoms with Crippen molar-refractivity contribution in [3.05, 3.63) is 76.9 Å². The van der Waals surface area contributed by atoms with Crippen molar-refractivity contribution in [3.63, 3.8) is 0 Å². The molecule has 1 unspecified atom stereocenters. The number of carbonyl (C=O) groups excluding carboxylic acids is 3. The zero-order chi connectivity index (χ0) is 24.4. The van der Waals surface area contributed by atoms with E-state index in [9.17, 15) is 19.5 Å². The molecule has 1 aliphatic rings. The Morgan fingerprint density at radius 1 is 1.15 bits per heavy atom. The Kier molecular flexibility index (Phi) is 6.31. The fourth-order valence-corrected chi connectivity index (χ4v) is 4.39. The van der Waals surface area contributed by atoms with Crippen molar-refractivity contribution in [2.75, 3.05) is 13.7 Å². The van der Waals surface area contributed by atoms with Gasteiger partial charge in [-0.15, -0.1) is 0 Å². The second-order valence-corrected chi connectivity index (χ2v) is 8.04. The normalized spacial score (nSPS) is 17.4. The maximum absolute atomic E-state index is 13.2. The molecule has 1 atom stereocenters. The number of carbonyl (C=O) groups is 3. The molecule has 10 heteroatoms. The van der Waals surface area contributed by atoms with Gasteiger partial charge in [0.15, 0.2) is 0 Å². The number of methoxy groups -OCH3 is 1. The van der Waals surface area contributed by atoms with Gasteiger partial charge in [0.1, 0.15) is 11.5 Å². The number of pyridine rings is 1. The lowest BCUT2D eigenvalue weighted by atomic mass is 9.94. The van der Waals surface area contributed by atoms with E-state index in [4.69, 9.17) is 4.74 Å². The minimum atomic E-state index is -0.791. The Labute approximate surface area is 195 Å². The summed E-state index contributed by atoms with van der Waals surface area (Å²) in [5, 5.41) is 11.3. The van der Waals surface area contributed by atoms with Gasteiger partial charge < -0.3 is 24.3 Å². The molecule has 4 rings (SSSR count). The predicted molar refractivity (Wildman–Crippen MR) is 122 cm³/mol. The number of Topliss-reactive ketones (excluding diaryl/α,β-unsaturated/α-hetero) is 1. The van der Waals surface area contributed by atoms with Gasteiger partial charge in [0, 0.05) is 49.1 Å². The monoisotopic (exact) mass is 463 g/mol. The molecule has 1 saturated heterocycles. The molecular formula is C24H25N5O5. The molecule has 1 amide bonds. The van der Waals surface area contributed by atoms with Crippen molar-refractivity contribution < 1.29 is 24.2 Å². The minimum absolute atomic E-state index is 0.0274. The highest BCUT2D eigenvalue weighted by molar-refractivity contribution is 6.46. The van der Waals surface area contributed by atoms with E-state index in [1.807, 2.05) is 10.8 Å². The van der Waals surface area contributed by atoms with Crippen LogP contribution in [0.4, 0.5) is 0 Å². The van der Waals surface area contributed by atoms with Gasteiger partial charge in [-0.3, -0.25) is 14.6 Å². The molecule has 4 heterocycles. The predicted octanol–water partition coefficient (Wildman–Crippen LogP) is 2.52. The van der Waals surface area contributed by atoms with Crippen molar-refractivity contribution >= 4 is 23.4 Å². The number of H-pyrrole nitrogens is 1. The molecule has 34 heavy (non-hydrogen) atoms. The standard InChI is InChI=1S/C24H25N5O5/c1-14-17(15(2)27-19(14)24(33)34-3)21(30)18-20(16-5-7-25-8-6-16)29(23(32)22(18)31)11-4-10-28-12-9-26-13-28/h5-9,12-13,20,27,30H,4,10-11H2,1-3H3/b21-18+. The molecule has 0 saturated carbocycles. The first-order valence-electron chi connectivity index (χ1n) is 10.8. The second kappa shape index (κ2) is 9.34. The Balaban J connectivity index is 1.78. The molecule has 1 aliphatic heterocycles. The summed E-state index contributed by atoms with van der Waals surface area (Å²) in [5.41, 5.74) is 2.02. The number of aliphatic hydroxyl groups excluding tert-OH is 1. The SMILES string of the molecule is COC(=O)c1[nH]c(C)c(/C(O)=C2\C(=O)C(=O)N(CCCn3ccnc3)C2c2ccncc2)c1C. The lowest BCUT2D eigenvalue weighted by Crippen LogP contribution is -2.31. The third-order valence-corrected chi connectivity index (χ3v) is 6.00. The summed E-state index contributed by atoms with van der Waals surface area (Å²) in [4.78, 5) is 50.8. The number of esters is 1. The first kappa shape index (κ1) is 23.0. The number of aliphatic hydroxyl groups is 1. The fourth-order valence-electron chi connectivity index (χ4n) is 4.39. The lowest BCUT2D eigenvalue weighted by molar-refractivity contribution is -0.139. The van der Waals surface area contributed by atoms with Gasteiger partial charge in [0.05, 0.1) is 25.1 Å². The maximum Gasteiger partial charge on any atom is 0.354 e. The van der Waals surface area contributed by atoms with E-state index in [2.05, 4.69) is 15.0 Å². The molecule has 176 valence electrons. The molecule has 1 fully saturated rings. The highest BCUT2D eigenvalue weighted by Crippen LogP contribution is 2.40. The summed E-state index contributed by atoms with van der Waals surface area (Å²) >= 11 is 0. The van der Waals surface area contributed by atoms with Gasteiger partial charge in [0.2, 0.25) is 0 Å². The number of ketones is 1. The smallest absolute Gasteiger partial charge is 0.354 e. The number of aromatic amines is 1. The molecule has 0 aliphatic carbocycles. The van der Waals surface area contributed by atoms with Gasteiger partial charge in [-0.2, -0.15) is 0 Å². The van der Waals surface area contributed by atoms with Crippen molar-refractivity contribution in [2.24, 2.45) is 0 Å². The minimum Gasteiger partial charge on any atom is -0.507 e. The summed E-state index contributed by atoms with van der Waals surface area (Å²) in [6, 6.07) is 2.63. The van der Waals surface area contributed by atoms with E-state index in [0.29, 0.717) is 41.9 Å². The van der Waals surface area contributed by atoms with Gasteiger partial charge >= 0.3 is 5.97 Å². The molecule has 0 aromatic carbocycles. The zero-order valence-electron chi connectivity index (χ0n) is 19.1. The zero-order valence-corrected chi connectivity index (χ0v) is 19.1. The van der Waals surface area contributed by atoms with E-state index >= 15 is 0 Å². The molecule has 3 aromatic rings. The number of aryl methyl sites for hydroxylation is 2. The Morgan fingerprint density at radius 2 is 1.88 bits per heavy atom. The first-order valence-corrected chi connectivity index (χ1v) is 10.8. The second-order valence-electron chi connectivity index (χ2n) is 8.04. The average molecular weight is 463 g/mol. The van der Waals surface area contributed by atoms with E-state index in [1.165, 1.54) is 12.0 Å². The third-order valence-electron chi connectivity index (χ3n) is 6.00. The highest BCUT2D eigenvalue weighted by Gasteiger charge is 2.46. The van der Waals surface area contributed by atoms with Crippen molar-refractivity contribution in [1.82, 2.24) is 24.4 Å². The molecule has 10 nitrogen and oxygen atoms in total. The fraction of sp³-hybridized carbons (Fsp3) is 0.292. The van der Waals surface area contributed by atoms with Gasteiger partial charge in [0.25, 0.3) is 11.7 Å². The summed E-state index contributed by atoms with van der Waals surface area (Å²) in [7, 11) is 1.26. The van der Waals surface area contributed by atoms with Crippen LogP contribution in [0.1, 0.15) is 45.3 Å². The van der Waals surface area contributed by atoms with Crippen LogP contribution >= 0.6 is 0 Å². The first-order chi connectivity index (χ1) is 16.3. The van der Waals surface area contributed by atoms with E-state index < -0.39 is 23.7 Å². The Bertz CT molecular complexity index is 1260. The molecule has 0 spiro atoms. The molecule has 0 radical (unpaired) electrons. The number of rotatable bonds is 7. The van der Waals surface area contributed by atoms with E-state index in [1.54, 1.807) is 50.9 Å². The van der Waals surface area contributed by atoms with Gasteiger partial charge in [-0.05, 0) is 43.5 Å². The van der Waals surface area contributed by atoms with Crippen molar-refractivity contribution in [1.29, 1.82) is 0 Å². The molecule has 2 N–H and O–H groups in total. The van der Waals surface area contributed by atoms with Crippen molar-refractivity contribution in [2.45, 2.75) is 32.9 Å². The number of nitrogens with zero attached hydrogens (tertiary/aromatic N) is 4. The molecular weight excluding hydrogens is 438 g/mol. The van der Waals surface area contributed by atoms with Crippen LogP contribution in [0.15, 0.2) is 48.8 Å². The number of aromatic nitrogens is 4. The van der Waals surface area contributed by atoms with Crippen LogP contribution in [0.3, 0.4) is 0 Å². The van der Waals surface area contributed by atoms with Crippen LogP contribution in [-0.2, 0) is 20.9 Å². The number of imidazole rings is 1. The number of hydrogen-bond acceptors (Lipinski definition) is 7. The maximum atomic E-state index is 13.2. The Hall–Kier alpha value is -4.21. The van der Waals surface area contributed by atoms with Crippen LogP contribution in [0.5, 0.6) is 0 Å². The molecule has 3 aromatic heterocycles. The number of hydrogen-bond donors (Lipinski definition) is 2. The number of nitrogens with one attached hydrogen (secondary N) is 1. The average Bonchev–Trinajstić information content (AvgIpc) is 3.52. The summed E-state index contributed by atoms with van der Waals surface area (Å²) in [6.45, 7) is 4.24. The van der Waals surface area contributed by atoms with Crippen LogP contribution < -0.4 is 0 Å². The number of ether oxygens (including phenoxy) is 1. The topological polar surface area (TPSA) is 130 Å². The number of likely N-dealkylation sites (tertiary alicyclic amines) is 1. The highest BCUT2D eigenvalue weighted by atomic mass is 16.5. The molecule has 0 bridgehead atoms. The third kappa shape index (κ3) is 3.98. The summed E-state index contributed by atoms with van der Waals surface area (Å²) in [5.74, 6) is -2.39. The Morgan fingerprint density at radius 3 is 2.53 bits per heavy atom. The van der Waals surface area contributed by atoms with E-state index in [-0.39, 0.29) is 17.0 Å². The van der Waals surface area contributed by atoms with Gasteiger partial charge in [-0.25, -0.2) is 9.78 Å².